The van der Waals surface area contributed by atoms with Crippen molar-refractivity contribution in [1.29, 1.82) is 0 Å². The van der Waals surface area contributed by atoms with Crippen LogP contribution in [-0.4, -0.2) is 82.0 Å². The number of aromatic nitrogens is 2. The van der Waals surface area contributed by atoms with Crippen molar-refractivity contribution in [2.75, 3.05) is 32.6 Å². The van der Waals surface area contributed by atoms with Crippen molar-refractivity contribution in [2.45, 2.75) is 44.4 Å². The zero-order valence-corrected chi connectivity index (χ0v) is 24.7. The molecule has 0 spiro atoms. The van der Waals surface area contributed by atoms with E-state index in [1.807, 2.05) is 6.07 Å². The van der Waals surface area contributed by atoms with Gasteiger partial charge in [0.25, 0.3) is 5.91 Å². The molecule has 5 rings (SSSR count). The van der Waals surface area contributed by atoms with Crippen LogP contribution in [0.3, 0.4) is 0 Å². The molecule has 0 bridgehead atoms. The zero-order valence-electron chi connectivity index (χ0n) is 23.9. The number of nitrogens with zero attached hydrogens (tertiary/aromatic N) is 4. The van der Waals surface area contributed by atoms with Crippen LogP contribution in [0.1, 0.15) is 47.3 Å². The Bertz CT molecular complexity index is 1570. The fourth-order valence-electron chi connectivity index (χ4n) is 5.31. The summed E-state index contributed by atoms with van der Waals surface area (Å²) in [4.78, 5) is 50.5. The van der Waals surface area contributed by atoms with E-state index in [1.54, 1.807) is 31.0 Å². The van der Waals surface area contributed by atoms with E-state index in [-0.39, 0.29) is 30.2 Å². The molecule has 11 nitrogen and oxygen atoms in total. The Balaban J connectivity index is 1.30. The second-order valence-electron chi connectivity index (χ2n) is 10.7. The molecule has 3 aromatic rings. The molecule has 2 aliphatic heterocycles. The van der Waals surface area contributed by atoms with Gasteiger partial charge in [0.1, 0.15) is 17.6 Å². The summed E-state index contributed by atoms with van der Waals surface area (Å²) in [6.45, 7) is 1.86. The van der Waals surface area contributed by atoms with Crippen molar-refractivity contribution in [1.82, 2.24) is 25.1 Å². The Morgan fingerprint density at radius 1 is 1.26 bits per heavy atom. The Morgan fingerprint density at radius 3 is 2.77 bits per heavy atom. The number of aliphatic hydroxyl groups is 1. The molecule has 226 valence electrons. The molecule has 43 heavy (non-hydrogen) atoms. The van der Waals surface area contributed by atoms with Crippen LogP contribution in [0.15, 0.2) is 42.6 Å². The van der Waals surface area contributed by atoms with E-state index >= 15 is 0 Å². The highest BCUT2D eigenvalue weighted by molar-refractivity contribution is 6.33. The van der Waals surface area contributed by atoms with E-state index in [1.165, 1.54) is 36.4 Å². The summed E-state index contributed by atoms with van der Waals surface area (Å²) in [5, 5.41) is 16.2. The number of likely N-dealkylation sites (tertiary alicyclic amines) is 1. The van der Waals surface area contributed by atoms with Gasteiger partial charge in [-0.1, -0.05) is 23.7 Å². The highest BCUT2D eigenvalue weighted by Gasteiger charge is 2.35. The number of halogens is 2. The minimum Gasteiger partial charge on any atom is -0.497 e. The highest BCUT2D eigenvalue weighted by Crippen LogP contribution is 2.33. The Labute approximate surface area is 253 Å². The predicted octanol–water partition coefficient (Wildman–Crippen LogP) is 3.17. The maximum atomic E-state index is 14.0. The summed E-state index contributed by atoms with van der Waals surface area (Å²) in [6.07, 6.45) is 2.59. The number of benzene rings is 2. The molecule has 0 radical (unpaired) electrons. The Hall–Kier alpha value is -4.29. The number of fused-ring (bicyclic) bond motifs is 1. The quantitative estimate of drug-likeness (QED) is 0.336. The SMILES string of the molecule is COc1cc(F)cc([C@@H](CO)NC(=O)[C@@H](C)N2Cc3ccc(-c4nc(NC5CCC(=O)N(C)C5)ncc4Cl)cc3C2=O)c1. The number of hydrogen-bond donors (Lipinski definition) is 3. The molecular weight excluding hydrogens is 579 g/mol. The Morgan fingerprint density at radius 2 is 2.05 bits per heavy atom. The summed E-state index contributed by atoms with van der Waals surface area (Å²) in [5.74, 6) is -0.707. The molecule has 3 N–H and O–H groups in total. The fourth-order valence-corrected chi connectivity index (χ4v) is 5.51. The van der Waals surface area contributed by atoms with Crippen LogP contribution in [0.5, 0.6) is 5.75 Å². The number of anilines is 1. The first kappa shape index (κ1) is 30.2. The van der Waals surface area contributed by atoms with Crippen molar-refractivity contribution in [3.05, 3.63) is 70.1 Å². The molecular formula is C30H32ClFN6O5. The van der Waals surface area contributed by atoms with E-state index in [0.717, 1.165) is 5.56 Å². The molecule has 2 aromatic carbocycles. The van der Waals surface area contributed by atoms with Gasteiger partial charge in [0.05, 0.1) is 36.7 Å². The number of carbonyl (C=O) groups is 3. The van der Waals surface area contributed by atoms with Gasteiger partial charge in [-0.2, -0.15) is 0 Å². The number of likely N-dealkylation sites (N-methyl/N-ethyl adjacent to an activating group) is 1. The van der Waals surface area contributed by atoms with Crippen LogP contribution in [-0.2, 0) is 16.1 Å². The molecule has 0 saturated carbocycles. The third kappa shape index (κ3) is 6.40. The molecule has 1 aromatic heterocycles. The average Bonchev–Trinajstić information content (AvgIpc) is 3.33. The molecule has 3 amide bonds. The topological polar surface area (TPSA) is 137 Å². The summed E-state index contributed by atoms with van der Waals surface area (Å²) in [7, 11) is 3.15. The van der Waals surface area contributed by atoms with Gasteiger partial charge in [-0.15, -0.1) is 0 Å². The van der Waals surface area contributed by atoms with Gasteiger partial charge in [-0.3, -0.25) is 14.4 Å². The van der Waals surface area contributed by atoms with Crippen LogP contribution in [0.2, 0.25) is 5.02 Å². The van der Waals surface area contributed by atoms with Gasteiger partial charge in [-0.25, -0.2) is 14.4 Å². The van der Waals surface area contributed by atoms with Gasteiger partial charge in [-0.05, 0) is 42.7 Å². The minimum absolute atomic E-state index is 0.00658. The number of amides is 3. The second kappa shape index (κ2) is 12.5. The van der Waals surface area contributed by atoms with Gasteiger partial charge in [0.15, 0.2) is 0 Å². The Kier molecular flexibility index (Phi) is 8.79. The summed E-state index contributed by atoms with van der Waals surface area (Å²) in [5.41, 5.74) is 2.54. The van der Waals surface area contributed by atoms with Crippen LogP contribution in [0.25, 0.3) is 11.3 Å². The molecule has 1 unspecified atom stereocenters. The van der Waals surface area contributed by atoms with Crippen LogP contribution in [0, 0.1) is 5.82 Å². The molecule has 3 heterocycles. The van der Waals surface area contributed by atoms with E-state index in [0.29, 0.717) is 52.7 Å². The average molecular weight is 611 g/mol. The lowest BCUT2D eigenvalue weighted by molar-refractivity contribution is -0.132. The number of piperidine rings is 1. The molecule has 13 heteroatoms. The summed E-state index contributed by atoms with van der Waals surface area (Å²) >= 11 is 6.46. The van der Waals surface area contributed by atoms with E-state index in [4.69, 9.17) is 16.3 Å². The molecule has 0 aliphatic carbocycles. The van der Waals surface area contributed by atoms with Crippen molar-refractivity contribution >= 4 is 35.3 Å². The van der Waals surface area contributed by atoms with Gasteiger partial charge < -0.3 is 30.3 Å². The van der Waals surface area contributed by atoms with E-state index in [9.17, 15) is 23.9 Å². The lowest BCUT2D eigenvalue weighted by Crippen LogP contribution is -2.46. The van der Waals surface area contributed by atoms with Gasteiger partial charge in [0.2, 0.25) is 17.8 Å². The molecule has 1 saturated heterocycles. The summed E-state index contributed by atoms with van der Waals surface area (Å²) in [6, 6.07) is 7.45. The van der Waals surface area contributed by atoms with E-state index < -0.39 is 30.4 Å². The largest absolute Gasteiger partial charge is 0.497 e. The van der Waals surface area contributed by atoms with Gasteiger partial charge in [0, 0.05) is 49.8 Å². The third-order valence-corrected chi connectivity index (χ3v) is 8.07. The fraction of sp³-hybridized carbons (Fsp3) is 0.367. The number of ether oxygens (including phenoxy) is 1. The number of nitrogens with one attached hydrogen (secondary N) is 2. The number of methoxy groups -OCH3 is 1. The lowest BCUT2D eigenvalue weighted by atomic mass is 10.0. The van der Waals surface area contributed by atoms with Crippen LogP contribution in [0.4, 0.5) is 10.3 Å². The highest BCUT2D eigenvalue weighted by atomic mass is 35.5. The first-order chi connectivity index (χ1) is 20.6. The third-order valence-electron chi connectivity index (χ3n) is 7.80. The minimum atomic E-state index is -0.900. The first-order valence-electron chi connectivity index (χ1n) is 13.8. The predicted molar refractivity (Wildman–Crippen MR) is 157 cm³/mol. The number of hydrogen-bond acceptors (Lipinski definition) is 8. The van der Waals surface area contributed by atoms with E-state index in [2.05, 4.69) is 20.6 Å². The van der Waals surface area contributed by atoms with Gasteiger partial charge >= 0.3 is 0 Å². The normalized spacial score (nSPS) is 17.9. The van der Waals surface area contributed by atoms with Crippen molar-refractivity contribution < 1.29 is 28.6 Å². The zero-order chi connectivity index (χ0) is 30.8. The number of rotatable bonds is 9. The number of aliphatic hydroxyl groups excluding tert-OH is 1. The molecule has 2 aliphatic rings. The summed E-state index contributed by atoms with van der Waals surface area (Å²) < 4.78 is 19.1. The maximum Gasteiger partial charge on any atom is 0.255 e. The standard InChI is InChI=1S/C30H32ClFN6O5/c1-16(28(41)35-25(15-39)19-8-20(32)11-22(9-19)43-3)38-13-18-5-4-17(10-23(18)29(38)42)27-24(31)12-33-30(36-27)34-21-6-7-26(40)37(2)14-21/h4-5,8-12,16,21,25,39H,6-7,13-15H2,1-3H3,(H,35,41)(H,33,34,36)/t16-,21?,25-/m1/s1. The second-order valence-corrected chi connectivity index (χ2v) is 11.1. The molecule has 3 atom stereocenters. The van der Waals surface area contributed by atoms with Crippen molar-refractivity contribution in [3.8, 4) is 17.0 Å². The smallest absolute Gasteiger partial charge is 0.255 e. The molecule has 1 fully saturated rings. The van der Waals surface area contributed by atoms with Crippen molar-refractivity contribution in [2.24, 2.45) is 0 Å². The van der Waals surface area contributed by atoms with Crippen molar-refractivity contribution in [3.63, 3.8) is 0 Å². The van der Waals surface area contributed by atoms with Crippen LogP contribution < -0.4 is 15.4 Å². The monoisotopic (exact) mass is 610 g/mol. The first-order valence-corrected chi connectivity index (χ1v) is 14.2. The van der Waals surface area contributed by atoms with Crippen LogP contribution >= 0.6 is 11.6 Å². The number of carbonyl (C=O) groups excluding carboxylic acids is 3. The maximum absolute atomic E-state index is 14.0. The lowest BCUT2D eigenvalue weighted by Gasteiger charge is -2.30.